The van der Waals surface area contributed by atoms with E-state index in [0.717, 1.165) is 43.7 Å². The first kappa shape index (κ1) is 19.5. The number of halogens is 1. The monoisotopic (exact) mass is 339 g/mol. The van der Waals surface area contributed by atoms with Gasteiger partial charge >= 0.3 is 0 Å². The van der Waals surface area contributed by atoms with Crippen molar-refractivity contribution in [3.63, 3.8) is 0 Å². The number of para-hydroxylation sites is 1. The fraction of sp³-hybridized carbons (Fsp3) is 0.529. The van der Waals surface area contributed by atoms with Gasteiger partial charge in [0, 0.05) is 32.2 Å². The van der Waals surface area contributed by atoms with E-state index in [0.29, 0.717) is 6.54 Å². The molecule has 23 heavy (non-hydrogen) atoms. The van der Waals surface area contributed by atoms with Crippen LogP contribution in [0.25, 0.3) is 0 Å². The first-order valence-corrected chi connectivity index (χ1v) is 7.96. The van der Waals surface area contributed by atoms with Gasteiger partial charge in [0.05, 0.1) is 5.92 Å². The standard InChI is InChI=1S/C17H25N3O2.ClH/c1-3-18-11-14-7-4-5-9-16(14)19-17(22)15-8-6-10-20(12-15)13(2)21;/h4-5,7,9,15,18H,3,6,8,10-12H2,1-2H3,(H,19,22);1H. The van der Waals surface area contributed by atoms with Gasteiger partial charge in [-0.1, -0.05) is 25.1 Å². The van der Waals surface area contributed by atoms with E-state index in [1.165, 1.54) is 0 Å². The Morgan fingerprint density at radius 3 is 2.74 bits per heavy atom. The molecule has 128 valence electrons. The smallest absolute Gasteiger partial charge is 0.229 e. The Hall–Kier alpha value is -1.59. The molecule has 1 aliphatic heterocycles. The summed E-state index contributed by atoms with van der Waals surface area (Å²) in [4.78, 5) is 25.7. The summed E-state index contributed by atoms with van der Waals surface area (Å²) in [6.07, 6.45) is 1.72. The van der Waals surface area contributed by atoms with Gasteiger partial charge in [-0.05, 0) is 31.0 Å². The van der Waals surface area contributed by atoms with E-state index >= 15 is 0 Å². The first-order valence-electron chi connectivity index (χ1n) is 7.96. The van der Waals surface area contributed by atoms with Crippen LogP contribution in [0.4, 0.5) is 5.69 Å². The number of amides is 2. The summed E-state index contributed by atoms with van der Waals surface area (Å²) < 4.78 is 0. The molecule has 0 bridgehead atoms. The summed E-state index contributed by atoms with van der Waals surface area (Å²) in [5.41, 5.74) is 1.94. The van der Waals surface area contributed by atoms with Gasteiger partial charge in [-0.25, -0.2) is 0 Å². The average Bonchev–Trinajstić information content (AvgIpc) is 2.54. The third kappa shape index (κ3) is 5.52. The van der Waals surface area contributed by atoms with Crippen molar-refractivity contribution in [3.8, 4) is 0 Å². The normalized spacial score (nSPS) is 17.3. The second-order valence-electron chi connectivity index (χ2n) is 5.73. The molecule has 1 fully saturated rings. The van der Waals surface area contributed by atoms with Crippen molar-refractivity contribution in [2.45, 2.75) is 33.2 Å². The Kier molecular flexibility index (Phi) is 8.06. The third-order valence-corrected chi connectivity index (χ3v) is 4.08. The zero-order valence-corrected chi connectivity index (χ0v) is 14.6. The number of rotatable bonds is 5. The predicted octanol–water partition coefficient (Wildman–Crippen LogP) is 2.41. The second kappa shape index (κ2) is 9.53. The van der Waals surface area contributed by atoms with Gasteiger partial charge in [0.15, 0.2) is 0 Å². The van der Waals surface area contributed by atoms with E-state index in [1.54, 1.807) is 11.8 Å². The molecule has 1 unspecified atom stereocenters. The van der Waals surface area contributed by atoms with Crippen LogP contribution in [0.5, 0.6) is 0 Å². The van der Waals surface area contributed by atoms with Crippen molar-refractivity contribution < 1.29 is 9.59 Å². The minimum Gasteiger partial charge on any atom is -0.342 e. The van der Waals surface area contributed by atoms with Crippen LogP contribution in [0.1, 0.15) is 32.3 Å². The Labute approximate surface area is 144 Å². The van der Waals surface area contributed by atoms with Gasteiger partial charge in [0.25, 0.3) is 0 Å². The van der Waals surface area contributed by atoms with Crippen LogP contribution in [0.15, 0.2) is 24.3 Å². The molecule has 6 heteroatoms. The quantitative estimate of drug-likeness (QED) is 0.866. The number of carbonyl (C=O) groups is 2. The lowest BCUT2D eigenvalue weighted by atomic mass is 9.97. The van der Waals surface area contributed by atoms with E-state index in [2.05, 4.69) is 17.6 Å². The third-order valence-electron chi connectivity index (χ3n) is 4.08. The molecule has 0 radical (unpaired) electrons. The van der Waals surface area contributed by atoms with Crippen molar-refractivity contribution in [2.75, 3.05) is 25.0 Å². The van der Waals surface area contributed by atoms with E-state index in [1.807, 2.05) is 24.3 Å². The number of benzene rings is 1. The molecule has 0 aromatic heterocycles. The molecule has 0 saturated carbocycles. The largest absolute Gasteiger partial charge is 0.342 e. The van der Waals surface area contributed by atoms with Crippen LogP contribution in [-0.2, 0) is 16.1 Å². The number of carbonyl (C=O) groups excluding carboxylic acids is 2. The van der Waals surface area contributed by atoms with Crippen LogP contribution in [-0.4, -0.2) is 36.3 Å². The summed E-state index contributed by atoms with van der Waals surface area (Å²) in [7, 11) is 0. The van der Waals surface area contributed by atoms with E-state index in [9.17, 15) is 9.59 Å². The van der Waals surface area contributed by atoms with Crippen LogP contribution < -0.4 is 10.6 Å². The first-order chi connectivity index (χ1) is 10.6. The van der Waals surface area contributed by atoms with Crippen LogP contribution in [0.3, 0.4) is 0 Å². The zero-order valence-electron chi connectivity index (χ0n) is 13.8. The number of nitrogens with one attached hydrogen (secondary N) is 2. The van der Waals surface area contributed by atoms with E-state index < -0.39 is 0 Å². The number of hydrogen-bond acceptors (Lipinski definition) is 3. The van der Waals surface area contributed by atoms with Crippen LogP contribution in [0, 0.1) is 5.92 Å². The molecule has 1 saturated heterocycles. The van der Waals surface area contributed by atoms with Crippen LogP contribution >= 0.6 is 12.4 Å². The van der Waals surface area contributed by atoms with Gasteiger partial charge < -0.3 is 15.5 Å². The molecular weight excluding hydrogens is 314 g/mol. The van der Waals surface area contributed by atoms with Crippen molar-refractivity contribution >= 4 is 29.9 Å². The van der Waals surface area contributed by atoms with E-state index in [4.69, 9.17) is 0 Å². The number of hydrogen-bond donors (Lipinski definition) is 2. The van der Waals surface area contributed by atoms with Gasteiger partial charge in [-0.3, -0.25) is 9.59 Å². The van der Waals surface area contributed by atoms with Gasteiger partial charge in [0.2, 0.25) is 11.8 Å². The maximum absolute atomic E-state index is 12.5. The lowest BCUT2D eigenvalue weighted by Gasteiger charge is -2.31. The Balaban J connectivity index is 0.00000264. The topological polar surface area (TPSA) is 61.4 Å². The fourth-order valence-electron chi connectivity index (χ4n) is 2.77. The molecule has 2 amide bonds. The van der Waals surface area contributed by atoms with Crippen molar-refractivity contribution in [1.82, 2.24) is 10.2 Å². The molecule has 1 atom stereocenters. The molecule has 1 aromatic rings. The molecule has 1 aliphatic rings. The fourth-order valence-corrected chi connectivity index (χ4v) is 2.77. The highest BCUT2D eigenvalue weighted by Gasteiger charge is 2.27. The van der Waals surface area contributed by atoms with Crippen molar-refractivity contribution in [1.29, 1.82) is 0 Å². The van der Waals surface area contributed by atoms with E-state index in [-0.39, 0.29) is 30.1 Å². The minimum absolute atomic E-state index is 0. The Morgan fingerprint density at radius 2 is 2.04 bits per heavy atom. The molecule has 2 rings (SSSR count). The molecular formula is C17H26ClN3O2. The summed E-state index contributed by atoms with van der Waals surface area (Å²) in [5, 5.41) is 6.31. The second-order valence-corrected chi connectivity index (χ2v) is 5.73. The maximum atomic E-state index is 12.5. The SMILES string of the molecule is CCNCc1ccccc1NC(=O)C1CCCN(C(C)=O)C1.Cl. The lowest BCUT2D eigenvalue weighted by molar-refractivity contribution is -0.132. The van der Waals surface area contributed by atoms with Crippen molar-refractivity contribution in [3.05, 3.63) is 29.8 Å². The molecule has 0 spiro atoms. The number of likely N-dealkylation sites (tertiary alicyclic amines) is 1. The van der Waals surface area contributed by atoms with Gasteiger partial charge in [-0.2, -0.15) is 0 Å². The number of piperidine rings is 1. The Morgan fingerprint density at radius 1 is 1.30 bits per heavy atom. The van der Waals surface area contributed by atoms with Gasteiger partial charge in [-0.15, -0.1) is 12.4 Å². The molecule has 2 N–H and O–H groups in total. The summed E-state index contributed by atoms with van der Waals surface area (Å²) in [6.45, 7) is 6.52. The highest BCUT2D eigenvalue weighted by atomic mass is 35.5. The summed E-state index contributed by atoms with van der Waals surface area (Å²) >= 11 is 0. The molecule has 1 aromatic carbocycles. The zero-order chi connectivity index (χ0) is 15.9. The summed E-state index contributed by atoms with van der Waals surface area (Å²) in [6, 6.07) is 7.84. The van der Waals surface area contributed by atoms with Crippen molar-refractivity contribution in [2.24, 2.45) is 5.92 Å². The highest BCUT2D eigenvalue weighted by molar-refractivity contribution is 5.93. The molecule has 0 aliphatic carbocycles. The maximum Gasteiger partial charge on any atom is 0.229 e. The molecule has 5 nitrogen and oxygen atoms in total. The lowest BCUT2D eigenvalue weighted by Crippen LogP contribution is -2.42. The average molecular weight is 340 g/mol. The predicted molar refractivity (Wildman–Crippen MR) is 94.7 cm³/mol. The Bertz CT molecular complexity index is 536. The number of nitrogens with zero attached hydrogens (tertiary/aromatic N) is 1. The minimum atomic E-state index is -0.121. The summed E-state index contributed by atoms with van der Waals surface area (Å²) in [5.74, 6) is -0.0650. The van der Waals surface area contributed by atoms with Crippen LogP contribution in [0.2, 0.25) is 0 Å². The highest BCUT2D eigenvalue weighted by Crippen LogP contribution is 2.21. The number of anilines is 1. The van der Waals surface area contributed by atoms with Gasteiger partial charge in [0.1, 0.15) is 0 Å². The molecule has 1 heterocycles.